The van der Waals surface area contributed by atoms with Crippen LogP contribution in [0.15, 0.2) is 77.0 Å². The summed E-state index contributed by atoms with van der Waals surface area (Å²) in [4.78, 5) is 20.0. The van der Waals surface area contributed by atoms with Gasteiger partial charge in [0.2, 0.25) is 0 Å². The summed E-state index contributed by atoms with van der Waals surface area (Å²) in [6, 6.07) is 13.8. The molecule has 1 saturated carbocycles. The van der Waals surface area contributed by atoms with Crippen molar-refractivity contribution in [1.82, 2.24) is 4.58 Å². The Balaban J connectivity index is 1.58. The molecule has 3 N–H and O–H groups in total. The minimum Gasteiger partial charge on any atom is -0.480 e. The highest BCUT2D eigenvalue weighted by atomic mass is 16.4. The van der Waals surface area contributed by atoms with Crippen LogP contribution in [-0.4, -0.2) is 42.5 Å². The Morgan fingerprint density at radius 1 is 1.12 bits per heavy atom. The molecule has 6 heteroatoms. The number of unbranched alkanes of at least 4 members (excludes halogenated alkanes) is 2. The van der Waals surface area contributed by atoms with E-state index in [0.29, 0.717) is 6.42 Å². The second-order valence-corrected chi connectivity index (χ2v) is 15.6. The molecule has 0 amide bonds. The zero-order chi connectivity index (χ0) is 36.2. The maximum absolute atomic E-state index is 12.4. The normalized spacial score (nSPS) is 22.6. The van der Waals surface area contributed by atoms with Gasteiger partial charge in [-0.3, -0.25) is 4.99 Å². The van der Waals surface area contributed by atoms with E-state index in [9.17, 15) is 9.90 Å². The van der Waals surface area contributed by atoms with Gasteiger partial charge in [0.25, 0.3) is 0 Å². The van der Waals surface area contributed by atoms with E-state index in [1.807, 2.05) is 0 Å². The van der Waals surface area contributed by atoms with Crippen LogP contribution in [0.4, 0.5) is 5.69 Å². The number of anilines is 1. The molecule has 2 aromatic carbocycles. The van der Waals surface area contributed by atoms with Gasteiger partial charge in [0, 0.05) is 40.9 Å². The quantitative estimate of drug-likeness (QED) is 0.170. The molecular weight excluding hydrogens is 617 g/mol. The van der Waals surface area contributed by atoms with Crippen LogP contribution in [0.25, 0.3) is 6.58 Å². The number of allylic oxidation sites excluding steroid dienone is 5. The van der Waals surface area contributed by atoms with Crippen molar-refractivity contribution >= 4 is 23.9 Å². The van der Waals surface area contributed by atoms with Gasteiger partial charge in [-0.1, -0.05) is 103 Å². The van der Waals surface area contributed by atoms with Crippen LogP contribution < -0.4 is 25.8 Å². The van der Waals surface area contributed by atoms with Gasteiger partial charge in [0.05, 0.1) is 6.04 Å². The molecule has 3 aliphatic rings. The molecule has 2 aliphatic heterocycles. The molecule has 6 nitrogen and oxygen atoms in total. The molecule has 5 rings (SSSR count). The molecule has 268 valence electrons. The first-order chi connectivity index (χ1) is 23.8. The Kier molecular flexibility index (Phi) is 11.6. The van der Waals surface area contributed by atoms with Crippen LogP contribution in [0.1, 0.15) is 110 Å². The van der Waals surface area contributed by atoms with E-state index < -0.39 is 12.0 Å². The fraction of sp³-hybridized carbons (Fsp3) is 0.500. The first kappa shape index (κ1) is 37.4. The van der Waals surface area contributed by atoms with Crippen molar-refractivity contribution < 1.29 is 9.90 Å². The second kappa shape index (κ2) is 15.6. The van der Waals surface area contributed by atoms with Crippen molar-refractivity contribution in [2.45, 2.75) is 117 Å². The topological polar surface area (TPSA) is 81.9 Å². The highest BCUT2D eigenvalue weighted by Crippen LogP contribution is 2.48. The Morgan fingerprint density at radius 3 is 2.58 bits per heavy atom. The summed E-state index contributed by atoms with van der Waals surface area (Å²) in [5.74, 6) is -0.914. The van der Waals surface area contributed by atoms with Gasteiger partial charge in [0.1, 0.15) is 17.9 Å². The number of rotatable bonds is 13. The van der Waals surface area contributed by atoms with Crippen LogP contribution in [0.2, 0.25) is 0 Å². The number of hydrogen-bond acceptors (Lipinski definition) is 4. The average Bonchev–Trinajstić information content (AvgIpc) is 3.41. The minimum atomic E-state index is -0.918. The highest BCUT2D eigenvalue weighted by Gasteiger charge is 2.41. The number of aryl methyl sites for hydroxylation is 1. The van der Waals surface area contributed by atoms with Crippen LogP contribution >= 0.6 is 0 Å². The number of aliphatic carboxylic acids is 1. The predicted molar refractivity (Wildman–Crippen MR) is 210 cm³/mol. The largest absolute Gasteiger partial charge is 0.480 e. The first-order valence-electron chi connectivity index (χ1n) is 19.0. The molecule has 2 aromatic rings. The fourth-order valence-corrected chi connectivity index (χ4v) is 8.13. The zero-order valence-electron chi connectivity index (χ0n) is 31.7. The molecule has 0 bridgehead atoms. The van der Waals surface area contributed by atoms with Gasteiger partial charge in [-0.05, 0) is 85.2 Å². The third kappa shape index (κ3) is 7.42. The molecule has 0 spiro atoms. The molecule has 50 heavy (non-hydrogen) atoms. The summed E-state index contributed by atoms with van der Waals surface area (Å²) in [6.45, 7) is 22.3. The molecule has 1 aliphatic carbocycles. The number of hydrogen-bond donors (Lipinski definition) is 2. The lowest BCUT2D eigenvalue weighted by Gasteiger charge is -2.31. The lowest BCUT2D eigenvalue weighted by molar-refractivity contribution is -0.138. The summed E-state index contributed by atoms with van der Waals surface area (Å²) in [7, 11) is 0. The minimum absolute atomic E-state index is 0.00379. The van der Waals surface area contributed by atoms with Gasteiger partial charge in [-0.2, -0.15) is 6.08 Å². The van der Waals surface area contributed by atoms with Crippen molar-refractivity contribution in [3.63, 3.8) is 0 Å². The monoisotopic (exact) mass is 676 g/mol. The van der Waals surface area contributed by atoms with Crippen LogP contribution in [0.3, 0.4) is 0 Å². The number of nitrogens with zero attached hydrogens (tertiary/aromatic N) is 3. The van der Waals surface area contributed by atoms with E-state index in [1.165, 1.54) is 39.5 Å². The van der Waals surface area contributed by atoms with E-state index in [-0.39, 0.29) is 23.3 Å². The molecular formula is C44H60N4O2. The molecule has 0 aromatic heterocycles. The standard InChI is InChI=1S/C44H60N4O2/c1-9-11-26-47-37-20-16-30(3)28-34(37)43(5,6)39(47)22-18-32-14-13-15-33(41(32)46-36(24-25-45)42(49)50)19-23-40-44(7,8)35-29-31(4)17-21-38(35)48(40)27-12-10-2/h16-23,28-29,32,36H,3,9-15,24-27,45H2,1-2,4-8H3,(H,49,50)/b22-18+,33-19+,40-23-,46-41?. The Hall–Kier alpha value is -3.90. The summed E-state index contributed by atoms with van der Waals surface area (Å²) in [6.07, 6.45) is 16.8. The highest BCUT2D eigenvalue weighted by molar-refractivity contribution is 6.04. The Labute approximate surface area is 300 Å². The third-order valence-corrected chi connectivity index (χ3v) is 11.1. The Bertz CT molecular complexity index is 1810. The number of nitrogens with two attached hydrogens (primary N) is 1. The van der Waals surface area contributed by atoms with E-state index in [4.69, 9.17) is 10.7 Å². The zero-order valence-corrected chi connectivity index (χ0v) is 31.7. The molecule has 2 unspecified atom stereocenters. The van der Waals surface area contributed by atoms with Crippen LogP contribution in [-0.2, 0) is 15.6 Å². The average molecular weight is 677 g/mol. The van der Waals surface area contributed by atoms with E-state index in [0.717, 1.165) is 74.5 Å². The number of aliphatic imine (C=N–C) groups is 1. The summed E-state index contributed by atoms with van der Waals surface area (Å²) < 4.78 is 2.48. The first-order valence-corrected chi connectivity index (χ1v) is 19.0. The number of carboxylic acid groups (broad SMARTS) is 1. The molecule has 0 radical (unpaired) electrons. The van der Waals surface area contributed by atoms with Crippen molar-refractivity contribution in [3.05, 3.63) is 105 Å². The van der Waals surface area contributed by atoms with E-state index >= 15 is 0 Å². The van der Waals surface area contributed by atoms with Crippen molar-refractivity contribution in [3.8, 4) is 0 Å². The second-order valence-electron chi connectivity index (χ2n) is 15.6. The SMILES string of the molecule is C=c1ccc2c(c1)C(C)(C)[C-](/C=C/C1CCC/C(=C\C=C3/N(CCCC)c4ccc(C)cc4C3(C)C)C1=NC(CCN)C(=O)O)[N+]=2CCCC. The smallest absolute Gasteiger partial charge is 0.328 e. The maximum atomic E-state index is 12.4. The number of carboxylic acids is 1. The van der Waals surface area contributed by atoms with Crippen molar-refractivity contribution in [2.24, 2.45) is 16.6 Å². The van der Waals surface area contributed by atoms with Crippen LogP contribution in [0, 0.1) is 18.9 Å². The van der Waals surface area contributed by atoms with Crippen molar-refractivity contribution in [2.75, 3.05) is 24.5 Å². The number of carbonyl (C=O) groups is 1. The van der Waals surface area contributed by atoms with E-state index in [2.05, 4.69) is 125 Å². The van der Waals surface area contributed by atoms with E-state index in [1.54, 1.807) is 0 Å². The van der Waals surface area contributed by atoms with Gasteiger partial charge < -0.3 is 20.3 Å². The number of benzene rings is 2. The maximum Gasteiger partial charge on any atom is 0.328 e. The van der Waals surface area contributed by atoms with Gasteiger partial charge >= 0.3 is 5.97 Å². The van der Waals surface area contributed by atoms with Crippen LogP contribution in [0.5, 0.6) is 0 Å². The van der Waals surface area contributed by atoms with Gasteiger partial charge in [-0.25, -0.2) is 4.79 Å². The van der Waals surface area contributed by atoms with Gasteiger partial charge in [-0.15, -0.1) is 6.08 Å². The summed E-state index contributed by atoms with van der Waals surface area (Å²) in [5, 5.41) is 12.5. The Morgan fingerprint density at radius 2 is 1.88 bits per heavy atom. The summed E-state index contributed by atoms with van der Waals surface area (Å²) in [5.41, 5.74) is 14.1. The lowest BCUT2D eigenvalue weighted by Crippen LogP contribution is -2.33. The lowest BCUT2D eigenvalue weighted by atomic mass is 9.77. The molecule has 2 heterocycles. The summed E-state index contributed by atoms with van der Waals surface area (Å²) >= 11 is 0. The number of fused-ring (bicyclic) bond motifs is 2. The fourth-order valence-electron chi connectivity index (χ4n) is 8.13. The third-order valence-electron chi connectivity index (χ3n) is 11.1. The predicted octanol–water partition coefficient (Wildman–Crippen LogP) is 7.53. The molecule has 1 fully saturated rings. The molecule has 2 atom stereocenters. The van der Waals surface area contributed by atoms with Gasteiger partial charge in [0.15, 0.2) is 0 Å². The van der Waals surface area contributed by atoms with Crippen molar-refractivity contribution in [1.29, 1.82) is 0 Å². The molecule has 0 saturated heterocycles.